The van der Waals surface area contributed by atoms with Crippen molar-refractivity contribution < 1.29 is 9.90 Å². The van der Waals surface area contributed by atoms with Crippen LogP contribution in [0.15, 0.2) is 11.6 Å². The van der Waals surface area contributed by atoms with E-state index in [1.807, 2.05) is 0 Å². The molecule has 0 aliphatic carbocycles. The van der Waals surface area contributed by atoms with Gasteiger partial charge in [-0.25, -0.2) is 4.98 Å². The lowest BCUT2D eigenvalue weighted by molar-refractivity contribution is -0.137. The van der Waals surface area contributed by atoms with Gasteiger partial charge in [-0.1, -0.05) is 0 Å². The van der Waals surface area contributed by atoms with Gasteiger partial charge in [-0.05, 0) is 0 Å². The Morgan fingerprint density at radius 2 is 2.64 bits per heavy atom. The second kappa shape index (κ2) is 3.45. The van der Waals surface area contributed by atoms with E-state index in [-0.39, 0.29) is 6.42 Å². The first-order valence-corrected chi connectivity index (χ1v) is 3.95. The topological polar surface area (TPSA) is 76.2 Å². The van der Waals surface area contributed by atoms with Crippen LogP contribution < -0.4 is 5.73 Å². The maximum absolute atomic E-state index is 10.2. The standard InChI is InChI=1S/C6H8N2O2S/c7-4(3-5(9)10)6-8-1-2-11-6/h1-2,4H,3,7H2,(H,9,10)/t4-/m1/s1. The molecule has 1 heterocycles. The molecule has 0 aromatic carbocycles. The molecule has 1 atom stereocenters. The molecule has 0 unspecified atom stereocenters. The van der Waals surface area contributed by atoms with Gasteiger partial charge in [0, 0.05) is 11.6 Å². The van der Waals surface area contributed by atoms with Crippen molar-refractivity contribution in [2.45, 2.75) is 12.5 Å². The minimum atomic E-state index is -0.896. The van der Waals surface area contributed by atoms with Gasteiger partial charge in [0.05, 0.1) is 12.5 Å². The van der Waals surface area contributed by atoms with Gasteiger partial charge in [0.15, 0.2) is 0 Å². The van der Waals surface area contributed by atoms with E-state index in [1.165, 1.54) is 11.3 Å². The molecule has 0 fully saturated rings. The fourth-order valence-corrected chi connectivity index (χ4v) is 1.33. The van der Waals surface area contributed by atoms with Crippen molar-refractivity contribution in [3.8, 4) is 0 Å². The molecule has 0 bridgehead atoms. The molecule has 1 aromatic heterocycles. The number of nitrogens with two attached hydrogens (primary N) is 1. The summed E-state index contributed by atoms with van der Waals surface area (Å²) in [5.41, 5.74) is 5.51. The normalized spacial score (nSPS) is 12.8. The second-order valence-electron chi connectivity index (χ2n) is 2.07. The summed E-state index contributed by atoms with van der Waals surface area (Å²) in [6, 6.07) is -0.465. The number of carboxylic acid groups (broad SMARTS) is 1. The van der Waals surface area contributed by atoms with Crippen LogP contribution in [0.2, 0.25) is 0 Å². The number of hydrogen-bond acceptors (Lipinski definition) is 4. The first kappa shape index (κ1) is 8.16. The lowest BCUT2D eigenvalue weighted by Gasteiger charge is -2.02. The van der Waals surface area contributed by atoms with E-state index in [2.05, 4.69) is 4.98 Å². The lowest BCUT2D eigenvalue weighted by atomic mass is 10.2. The predicted octanol–water partition coefficient (Wildman–Crippen LogP) is 0.618. The Hall–Kier alpha value is -0.940. The van der Waals surface area contributed by atoms with Crippen molar-refractivity contribution in [1.29, 1.82) is 0 Å². The van der Waals surface area contributed by atoms with E-state index in [0.717, 1.165) is 0 Å². The van der Waals surface area contributed by atoms with Gasteiger partial charge >= 0.3 is 5.97 Å². The van der Waals surface area contributed by atoms with Crippen molar-refractivity contribution in [3.05, 3.63) is 16.6 Å². The van der Waals surface area contributed by atoms with Crippen LogP contribution in [0.4, 0.5) is 0 Å². The summed E-state index contributed by atoms with van der Waals surface area (Å²) in [4.78, 5) is 14.1. The van der Waals surface area contributed by atoms with Gasteiger partial charge < -0.3 is 10.8 Å². The van der Waals surface area contributed by atoms with Crippen LogP contribution in [0.3, 0.4) is 0 Å². The number of nitrogens with zero attached hydrogens (tertiary/aromatic N) is 1. The summed E-state index contributed by atoms with van der Waals surface area (Å²) in [5.74, 6) is -0.896. The summed E-state index contributed by atoms with van der Waals surface area (Å²) in [6.07, 6.45) is 1.55. The van der Waals surface area contributed by atoms with Crippen LogP contribution in [0.5, 0.6) is 0 Å². The van der Waals surface area contributed by atoms with E-state index in [0.29, 0.717) is 5.01 Å². The molecule has 5 heteroatoms. The number of carboxylic acids is 1. The predicted molar refractivity (Wildman–Crippen MR) is 41.3 cm³/mol. The van der Waals surface area contributed by atoms with Crippen molar-refractivity contribution >= 4 is 17.3 Å². The van der Waals surface area contributed by atoms with Crippen LogP contribution in [0.25, 0.3) is 0 Å². The Balaban J connectivity index is 2.56. The number of hydrogen-bond donors (Lipinski definition) is 2. The van der Waals surface area contributed by atoms with Gasteiger partial charge in [0.25, 0.3) is 0 Å². The highest BCUT2D eigenvalue weighted by Gasteiger charge is 2.11. The smallest absolute Gasteiger partial charge is 0.305 e. The summed E-state index contributed by atoms with van der Waals surface area (Å²) in [5, 5.41) is 10.8. The summed E-state index contributed by atoms with van der Waals surface area (Å²) >= 11 is 1.37. The highest BCUT2D eigenvalue weighted by Crippen LogP contribution is 2.15. The van der Waals surface area contributed by atoms with E-state index >= 15 is 0 Å². The minimum absolute atomic E-state index is 0.0620. The Kier molecular flexibility index (Phi) is 2.56. The van der Waals surface area contributed by atoms with Crippen LogP contribution in [0, 0.1) is 0 Å². The molecule has 4 nitrogen and oxygen atoms in total. The van der Waals surface area contributed by atoms with Crippen molar-refractivity contribution in [1.82, 2.24) is 4.98 Å². The maximum Gasteiger partial charge on any atom is 0.305 e. The number of carbonyl (C=O) groups is 1. The van der Waals surface area contributed by atoms with Crippen molar-refractivity contribution in [2.75, 3.05) is 0 Å². The summed E-state index contributed by atoms with van der Waals surface area (Å²) in [6.45, 7) is 0. The van der Waals surface area contributed by atoms with Crippen LogP contribution >= 0.6 is 11.3 Å². The molecule has 0 aliphatic heterocycles. The Morgan fingerprint density at radius 1 is 1.91 bits per heavy atom. The third kappa shape index (κ3) is 2.28. The molecule has 0 radical (unpaired) electrons. The SMILES string of the molecule is N[C@H](CC(=O)O)c1nccs1. The zero-order valence-electron chi connectivity index (χ0n) is 5.73. The fraction of sp³-hybridized carbons (Fsp3) is 0.333. The highest BCUT2D eigenvalue weighted by molar-refractivity contribution is 7.09. The third-order valence-corrected chi connectivity index (χ3v) is 2.07. The Labute approximate surface area is 67.7 Å². The minimum Gasteiger partial charge on any atom is -0.481 e. The molecule has 3 N–H and O–H groups in total. The first-order valence-electron chi connectivity index (χ1n) is 3.07. The molecule has 0 spiro atoms. The fourth-order valence-electron chi connectivity index (χ4n) is 0.693. The molecule has 0 aliphatic rings. The first-order chi connectivity index (χ1) is 5.20. The van der Waals surface area contributed by atoms with Gasteiger partial charge in [0.2, 0.25) is 0 Å². The average molecular weight is 172 g/mol. The molecular formula is C6H8N2O2S. The zero-order chi connectivity index (χ0) is 8.27. The largest absolute Gasteiger partial charge is 0.481 e. The van der Waals surface area contributed by atoms with Gasteiger partial charge in [0.1, 0.15) is 5.01 Å². The number of aromatic nitrogens is 1. The number of rotatable bonds is 3. The zero-order valence-corrected chi connectivity index (χ0v) is 6.54. The molecular weight excluding hydrogens is 164 g/mol. The van der Waals surface area contributed by atoms with E-state index < -0.39 is 12.0 Å². The Morgan fingerprint density at radius 3 is 3.09 bits per heavy atom. The highest BCUT2D eigenvalue weighted by atomic mass is 32.1. The van der Waals surface area contributed by atoms with E-state index in [9.17, 15) is 4.79 Å². The van der Waals surface area contributed by atoms with Crippen molar-refractivity contribution in [2.24, 2.45) is 5.73 Å². The van der Waals surface area contributed by atoms with Gasteiger partial charge in [-0.15, -0.1) is 11.3 Å². The van der Waals surface area contributed by atoms with Crippen LogP contribution in [0.1, 0.15) is 17.5 Å². The number of aliphatic carboxylic acids is 1. The average Bonchev–Trinajstić information content (AvgIpc) is 2.35. The maximum atomic E-state index is 10.2. The molecule has 1 rings (SSSR count). The summed E-state index contributed by atoms with van der Waals surface area (Å²) < 4.78 is 0. The van der Waals surface area contributed by atoms with Crippen LogP contribution in [-0.2, 0) is 4.79 Å². The van der Waals surface area contributed by atoms with E-state index in [4.69, 9.17) is 10.8 Å². The van der Waals surface area contributed by atoms with Crippen molar-refractivity contribution in [3.63, 3.8) is 0 Å². The molecule has 1 aromatic rings. The second-order valence-corrected chi connectivity index (χ2v) is 3.00. The molecule has 60 valence electrons. The third-order valence-electron chi connectivity index (χ3n) is 1.16. The van der Waals surface area contributed by atoms with Gasteiger partial charge in [-0.3, -0.25) is 4.79 Å². The lowest BCUT2D eigenvalue weighted by Crippen LogP contribution is -2.14. The molecule has 11 heavy (non-hydrogen) atoms. The number of thiazole rings is 1. The summed E-state index contributed by atoms with van der Waals surface area (Å²) in [7, 11) is 0. The van der Waals surface area contributed by atoms with Gasteiger partial charge in [-0.2, -0.15) is 0 Å². The van der Waals surface area contributed by atoms with Crippen LogP contribution in [-0.4, -0.2) is 16.1 Å². The van der Waals surface area contributed by atoms with E-state index in [1.54, 1.807) is 11.6 Å². The monoisotopic (exact) mass is 172 g/mol. The quantitative estimate of drug-likeness (QED) is 0.700. The Bertz CT molecular complexity index is 235. The molecule has 0 saturated heterocycles. The molecule has 0 amide bonds. The molecule has 0 saturated carbocycles.